The second-order valence-electron chi connectivity index (χ2n) is 3.56. The second-order valence-corrected chi connectivity index (χ2v) is 3.56. The number of hydrogen-bond donors (Lipinski definition) is 0. The van der Waals surface area contributed by atoms with Crippen LogP contribution in [0, 0.1) is 0 Å². The van der Waals surface area contributed by atoms with Crippen molar-refractivity contribution < 1.29 is 14.3 Å². The van der Waals surface area contributed by atoms with Crippen LogP contribution in [0.3, 0.4) is 0 Å². The van der Waals surface area contributed by atoms with Gasteiger partial charge in [-0.15, -0.1) is 0 Å². The van der Waals surface area contributed by atoms with Crippen molar-refractivity contribution in [3.8, 4) is 0 Å². The minimum absolute atomic E-state index is 0.000656. The van der Waals surface area contributed by atoms with Crippen molar-refractivity contribution in [2.45, 2.75) is 13.3 Å². The van der Waals surface area contributed by atoms with Gasteiger partial charge in [-0.05, 0) is 24.1 Å². The number of carbonyl (C=O) groups excluding carboxylic acids is 2. The zero-order valence-corrected chi connectivity index (χ0v) is 9.03. The molecule has 1 aromatic rings. The predicted octanol–water partition coefficient (Wildman–Crippen LogP) is 2.00. The topological polar surface area (TPSA) is 43.4 Å². The van der Waals surface area contributed by atoms with Crippen LogP contribution in [0.2, 0.25) is 0 Å². The molecule has 16 heavy (non-hydrogen) atoms. The fourth-order valence-corrected chi connectivity index (χ4v) is 1.80. The summed E-state index contributed by atoms with van der Waals surface area (Å²) in [7, 11) is 0. The summed E-state index contributed by atoms with van der Waals surface area (Å²) in [6.45, 7) is 2.15. The molecular weight excluding hydrogens is 204 g/mol. The number of esters is 1. The van der Waals surface area contributed by atoms with Gasteiger partial charge in [0.2, 0.25) is 0 Å². The molecule has 1 aliphatic rings. The van der Waals surface area contributed by atoms with Crippen LogP contribution in [-0.2, 0) is 16.0 Å². The van der Waals surface area contributed by atoms with Crippen LogP contribution >= 0.6 is 0 Å². The fourth-order valence-electron chi connectivity index (χ4n) is 1.80. The number of carbonyl (C=O) groups is 2. The van der Waals surface area contributed by atoms with Gasteiger partial charge in [-0.2, -0.15) is 0 Å². The molecule has 1 aromatic carbocycles. The Morgan fingerprint density at radius 2 is 2.12 bits per heavy atom. The first-order valence-corrected chi connectivity index (χ1v) is 5.22. The zero-order chi connectivity index (χ0) is 11.5. The third-order valence-electron chi connectivity index (χ3n) is 2.50. The van der Waals surface area contributed by atoms with Gasteiger partial charge in [-0.3, -0.25) is 9.59 Å². The molecule has 0 saturated heterocycles. The van der Waals surface area contributed by atoms with Crippen LogP contribution in [0.15, 0.2) is 24.3 Å². The molecule has 0 radical (unpaired) electrons. The van der Waals surface area contributed by atoms with Crippen molar-refractivity contribution in [2.75, 3.05) is 6.61 Å². The lowest BCUT2D eigenvalue weighted by atomic mass is 10.0. The summed E-state index contributed by atoms with van der Waals surface area (Å²) in [5.74, 6) is -0.260. The maximum atomic E-state index is 11.4. The van der Waals surface area contributed by atoms with Gasteiger partial charge >= 0.3 is 5.97 Å². The molecule has 0 bridgehead atoms. The van der Waals surface area contributed by atoms with E-state index in [1.165, 1.54) is 6.08 Å². The van der Waals surface area contributed by atoms with E-state index in [9.17, 15) is 9.59 Å². The molecule has 2 rings (SSSR count). The van der Waals surface area contributed by atoms with Crippen LogP contribution in [0.5, 0.6) is 0 Å². The van der Waals surface area contributed by atoms with Crippen LogP contribution in [0.4, 0.5) is 0 Å². The number of ether oxygens (including phenoxy) is 1. The summed E-state index contributed by atoms with van der Waals surface area (Å²) in [4.78, 5) is 22.8. The largest absolute Gasteiger partial charge is 0.466 e. The van der Waals surface area contributed by atoms with Crippen LogP contribution in [-0.4, -0.2) is 18.4 Å². The van der Waals surface area contributed by atoms with Gasteiger partial charge in [0.25, 0.3) is 0 Å². The van der Waals surface area contributed by atoms with Gasteiger partial charge in [-0.1, -0.05) is 24.3 Å². The van der Waals surface area contributed by atoms with E-state index < -0.39 is 0 Å². The summed E-state index contributed by atoms with van der Waals surface area (Å²) >= 11 is 0. The lowest BCUT2D eigenvalue weighted by Gasteiger charge is -2.06. The first-order chi connectivity index (χ1) is 7.72. The van der Waals surface area contributed by atoms with Gasteiger partial charge in [0.05, 0.1) is 13.0 Å². The van der Waals surface area contributed by atoms with Gasteiger partial charge in [0, 0.05) is 5.56 Å². The average Bonchev–Trinajstić information content (AvgIpc) is 2.62. The second kappa shape index (κ2) is 4.31. The number of hydrogen-bond acceptors (Lipinski definition) is 3. The SMILES string of the molecule is CCOC(=O)Cc1cccc2c1C=CC2=O. The number of allylic oxidation sites excluding steroid dienone is 1. The third kappa shape index (κ3) is 1.89. The molecular formula is C13H12O3. The molecule has 0 saturated carbocycles. The van der Waals surface area contributed by atoms with Crippen molar-refractivity contribution in [1.29, 1.82) is 0 Å². The summed E-state index contributed by atoms with van der Waals surface area (Å²) in [6.07, 6.45) is 3.50. The van der Waals surface area contributed by atoms with E-state index >= 15 is 0 Å². The van der Waals surface area contributed by atoms with E-state index in [-0.39, 0.29) is 18.2 Å². The first kappa shape index (κ1) is 10.6. The highest BCUT2D eigenvalue weighted by Gasteiger charge is 2.17. The molecule has 0 unspecified atom stereocenters. The van der Waals surface area contributed by atoms with E-state index in [4.69, 9.17) is 4.74 Å². The lowest BCUT2D eigenvalue weighted by Crippen LogP contribution is -2.09. The van der Waals surface area contributed by atoms with Gasteiger partial charge < -0.3 is 4.74 Å². The number of fused-ring (bicyclic) bond motifs is 1. The van der Waals surface area contributed by atoms with E-state index in [0.29, 0.717) is 12.2 Å². The van der Waals surface area contributed by atoms with Crippen LogP contribution < -0.4 is 0 Å². The van der Waals surface area contributed by atoms with Gasteiger partial charge in [0.15, 0.2) is 5.78 Å². The minimum Gasteiger partial charge on any atom is -0.466 e. The molecule has 0 amide bonds. The highest BCUT2D eigenvalue weighted by Crippen LogP contribution is 2.23. The Kier molecular flexibility index (Phi) is 2.86. The average molecular weight is 216 g/mol. The monoisotopic (exact) mass is 216 g/mol. The summed E-state index contributed by atoms with van der Waals surface area (Å²) in [6, 6.07) is 5.41. The Hall–Kier alpha value is -1.90. The Labute approximate surface area is 93.7 Å². The van der Waals surface area contributed by atoms with E-state index in [1.807, 2.05) is 6.07 Å². The first-order valence-electron chi connectivity index (χ1n) is 5.22. The van der Waals surface area contributed by atoms with Crippen molar-refractivity contribution >= 4 is 17.8 Å². The highest BCUT2D eigenvalue weighted by atomic mass is 16.5. The Morgan fingerprint density at radius 1 is 1.31 bits per heavy atom. The molecule has 0 heterocycles. The number of rotatable bonds is 3. The quantitative estimate of drug-likeness (QED) is 0.726. The Balaban J connectivity index is 2.26. The van der Waals surface area contributed by atoms with Crippen molar-refractivity contribution in [2.24, 2.45) is 0 Å². The number of ketones is 1. The smallest absolute Gasteiger partial charge is 0.310 e. The molecule has 0 fully saturated rings. The zero-order valence-electron chi connectivity index (χ0n) is 9.03. The van der Waals surface area contributed by atoms with Crippen molar-refractivity contribution in [3.05, 3.63) is 41.0 Å². The Bertz CT molecular complexity index is 472. The molecule has 82 valence electrons. The standard InChI is InChI=1S/C13H12O3/c1-2-16-13(15)8-9-4-3-5-11-10(9)6-7-12(11)14/h3-7H,2,8H2,1H3. The third-order valence-corrected chi connectivity index (χ3v) is 2.50. The summed E-state index contributed by atoms with van der Waals surface area (Å²) in [5.41, 5.74) is 2.36. The predicted molar refractivity (Wildman–Crippen MR) is 60.1 cm³/mol. The minimum atomic E-state index is -0.261. The maximum Gasteiger partial charge on any atom is 0.310 e. The molecule has 3 nitrogen and oxygen atoms in total. The molecule has 0 aliphatic heterocycles. The summed E-state index contributed by atoms with van der Waals surface area (Å²) < 4.78 is 4.88. The van der Waals surface area contributed by atoms with Crippen molar-refractivity contribution in [3.63, 3.8) is 0 Å². The van der Waals surface area contributed by atoms with Crippen molar-refractivity contribution in [1.82, 2.24) is 0 Å². The van der Waals surface area contributed by atoms with Gasteiger partial charge in [0.1, 0.15) is 0 Å². The van der Waals surface area contributed by atoms with E-state index in [0.717, 1.165) is 11.1 Å². The molecule has 0 spiro atoms. The highest BCUT2D eigenvalue weighted by molar-refractivity contribution is 6.14. The Morgan fingerprint density at radius 3 is 2.88 bits per heavy atom. The molecule has 0 N–H and O–H groups in total. The van der Waals surface area contributed by atoms with E-state index in [2.05, 4.69) is 0 Å². The van der Waals surface area contributed by atoms with Gasteiger partial charge in [-0.25, -0.2) is 0 Å². The molecule has 1 aliphatic carbocycles. The molecule has 0 atom stereocenters. The summed E-state index contributed by atoms with van der Waals surface area (Å²) in [5, 5.41) is 0. The molecule has 0 aromatic heterocycles. The van der Waals surface area contributed by atoms with E-state index in [1.54, 1.807) is 25.1 Å². The fraction of sp³-hybridized carbons (Fsp3) is 0.231. The lowest BCUT2D eigenvalue weighted by molar-refractivity contribution is -0.142. The normalized spacial score (nSPS) is 12.7. The van der Waals surface area contributed by atoms with Crippen LogP contribution in [0.25, 0.3) is 6.08 Å². The molecule has 3 heteroatoms. The maximum absolute atomic E-state index is 11.4. The van der Waals surface area contributed by atoms with Crippen LogP contribution in [0.1, 0.15) is 28.4 Å². The number of benzene rings is 1.